The van der Waals surface area contributed by atoms with Crippen molar-refractivity contribution >= 4 is 23.7 Å². The van der Waals surface area contributed by atoms with E-state index >= 15 is 0 Å². The number of amides is 1. The number of nitrogens with one attached hydrogen (secondary N) is 2. The maximum Gasteiger partial charge on any atom is 0.229 e. The molecule has 3 aliphatic heterocycles. The molecule has 6 atom stereocenters. The van der Waals surface area contributed by atoms with Gasteiger partial charge in [0.2, 0.25) is 5.91 Å². The Labute approximate surface area is 198 Å². The van der Waals surface area contributed by atoms with Crippen molar-refractivity contribution in [3.8, 4) is 0 Å². The van der Waals surface area contributed by atoms with Crippen molar-refractivity contribution in [2.45, 2.75) is 69.4 Å². The van der Waals surface area contributed by atoms with E-state index in [2.05, 4.69) is 51.1 Å². The van der Waals surface area contributed by atoms with Crippen LogP contribution in [0, 0.1) is 5.92 Å². The Morgan fingerprint density at radius 2 is 2.00 bits per heavy atom. The Bertz CT molecular complexity index is 627. The lowest BCUT2D eigenvalue weighted by Gasteiger charge is -2.45. The molecule has 3 aliphatic rings. The molecule has 2 fully saturated rings. The van der Waals surface area contributed by atoms with E-state index in [-0.39, 0.29) is 23.4 Å². The third-order valence-electron chi connectivity index (χ3n) is 7.42. The van der Waals surface area contributed by atoms with Crippen LogP contribution in [0.15, 0.2) is 4.99 Å². The fraction of sp³-hybridized carbons (Fsp3) is 0.909. The number of nitrogens with two attached hydrogens (primary N) is 2. The first kappa shape index (κ1) is 25.8. The summed E-state index contributed by atoms with van der Waals surface area (Å²) < 4.78 is 0. The molecule has 184 valence electrons. The van der Waals surface area contributed by atoms with Crippen molar-refractivity contribution in [2.24, 2.45) is 22.4 Å². The summed E-state index contributed by atoms with van der Waals surface area (Å²) in [5, 5.41) is 6.58. The normalized spacial score (nSPS) is 32.7. The monoisotopic (exact) mass is 470 g/mol. The van der Waals surface area contributed by atoms with Crippen LogP contribution in [0.5, 0.6) is 0 Å². The highest BCUT2D eigenvalue weighted by atomic mass is 35.5. The minimum absolute atomic E-state index is 0.0241. The number of likely N-dealkylation sites (N-methyl/N-ethyl adjacent to an activating group) is 1. The number of nitrogens with zero attached hydrogens (tertiary/aromatic N) is 4. The van der Waals surface area contributed by atoms with Gasteiger partial charge in [-0.15, -0.1) is 11.6 Å². The van der Waals surface area contributed by atoms with Crippen molar-refractivity contribution in [1.29, 1.82) is 0 Å². The van der Waals surface area contributed by atoms with E-state index in [1.165, 1.54) is 0 Å². The Morgan fingerprint density at radius 1 is 1.28 bits per heavy atom. The molecule has 0 spiro atoms. The number of piperazine rings is 1. The zero-order valence-corrected chi connectivity index (χ0v) is 20.7. The summed E-state index contributed by atoms with van der Waals surface area (Å²) in [6.07, 6.45) is 2.47. The molecule has 2 saturated heterocycles. The molecule has 3 heterocycles. The number of rotatable bonds is 8. The first-order chi connectivity index (χ1) is 15.3. The van der Waals surface area contributed by atoms with Crippen LogP contribution in [0.2, 0.25) is 0 Å². The van der Waals surface area contributed by atoms with Gasteiger partial charge in [0.15, 0.2) is 0 Å². The summed E-state index contributed by atoms with van der Waals surface area (Å²) in [4.78, 5) is 25.4. The van der Waals surface area contributed by atoms with Gasteiger partial charge < -0.3 is 27.0 Å². The van der Waals surface area contributed by atoms with Gasteiger partial charge in [-0.05, 0) is 32.9 Å². The lowest BCUT2D eigenvalue weighted by molar-refractivity contribution is -0.130. The molecule has 1 amide bonds. The topological polar surface area (TPSA) is 115 Å². The summed E-state index contributed by atoms with van der Waals surface area (Å²) in [6, 6.07) is 0.574. The molecule has 5 unspecified atom stereocenters. The van der Waals surface area contributed by atoms with E-state index in [9.17, 15) is 4.79 Å². The Hall–Kier alpha value is -0.810. The largest absolute Gasteiger partial charge is 0.350 e. The third kappa shape index (κ3) is 6.20. The van der Waals surface area contributed by atoms with Gasteiger partial charge in [-0.2, -0.15) is 0 Å². The molecule has 9 nitrogen and oxygen atoms in total. The second-order valence-corrected chi connectivity index (χ2v) is 9.99. The molecule has 6 N–H and O–H groups in total. The number of hydrogen-bond donors (Lipinski definition) is 4. The van der Waals surface area contributed by atoms with Gasteiger partial charge in [0.1, 0.15) is 12.1 Å². The summed E-state index contributed by atoms with van der Waals surface area (Å²) in [5.41, 5.74) is 12.3. The van der Waals surface area contributed by atoms with E-state index in [0.29, 0.717) is 12.6 Å². The number of halogens is 1. The van der Waals surface area contributed by atoms with Gasteiger partial charge >= 0.3 is 0 Å². The van der Waals surface area contributed by atoms with Gasteiger partial charge in [0.25, 0.3) is 0 Å². The van der Waals surface area contributed by atoms with E-state index in [4.69, 9.17) is 23.1 Å². The van der Waals surface area contributed by atoms with Gasteiger partial charge in [-0.25, -0.2) is 0 Å². The first-order valence-corrected chi connectivity index (χ1v) is 12.7. The number of carbonyl (C=O) groups is 1. The van der Waals surface area contributed by atoms with Gasteiger partial charge in [0, 0.05) is 57.6 Å². The van der Waals surface area contributed by atoms with Crippen molar-refractivity contribution < 1.29 is 4.79 Å². The van der Waals surface area contributed by atoms with E-state index < -0.39 is 18.2 Å². The Balaban J connectivity index is 1.72. The predicted octanol–water partition coefficient (Wildman–Crippen LogP) is -0.551. The van der Waals surface area contributed by atoms with E-state index in [1.54, 1.807) is 6.21 Å². The maximum absolute atomic E-state index is 13.6. The molecule has 3 rings (SSSR count). The third-order valence-corrected chi connectivity index (χ3v) is 7.67. The van der Waals surface area contributed by atoms with Crippen molar-refractivity contribution in [3.05, 3.63) is 0 Å². The highest BCUT2D eigenvalue weighted by Gasteiger charge is 2.41. The average Bonchev–Trinajstić information content (AvgIpc) is 2.80. The van der Waals surface area contributed by atoms with Gasteiger partial charge in [-0.1, -0.05) is 13.8 Å². The number of aliphatic imine (C=N–C) groups is 1. The SMILES string of the molecule is CC[C@@H](C)N1CC(Cl)C=NC1C(C(=O)NC1CNCCC1N1CCN(CC)CC1)C(N)N. The smallest absolute Gasteiger partial charge is 0.229 e. The molecule has 0 aliphatic carbocycles. The van der Waals surface area contributed by atoms with E-state index in [1.807, 2.05) is 0 Å². The molecular formula is C22H43ClN8O. The molecule has 0 radical (unpaired) electrons. The van der Waals surface area contributed by atoms with Crippen LogP contribution >= 0.6 is 11.6 Å². The molecule has 0 saturated carbocycles. The highest BCUT2D eigenvalue weighted by Crippen LogP contribution is 2.24. The molecule has 32 heavy (non-hydrogen) atoms. The second kappa shape index (κ2) is 12.1. The summed E-state index contributed by atoms with van der Waals surface area (Å²) in [6.45, 7) is 14.2. The fourth-order valence-electron chi connectivity index (χ4n) is 5.23. The van der Waals surface area contributed by atoms with Crippen LogP contribution in [0.3, 0.4) is 0 Å². The van der Waals surface area contributed by atoms with Crippen LogP contribution in [-0.2, 0) is 4.79 Å². The Kier molecular flexibility index (Phi) is 9.72. The number of piperidine rings is 1. The molecule has 10 heteroatoms. The molecule has 0 aromatic heterocycles. The zero-order valence-electron chi connectivity index (χ0n) is 19.9. The van der Waals surface area contributed by atoms with Crippen molar-refractivity contribution in [1.82, 2.24) is 25.3 Å². The molecule has 0 aromatic carbocycles. The quantitative estimate of drug-likeness (QED) is 0.278. The van der Waals surface area contributed by atoms with Crippen LogP contribution in [-0.4, -0.2) is 115 Å². The standard InChI is InChI=1S/C22H43ClN8O/c1-4-15(3)31-14-16(23)12-27-21(31)19(20(24)25)22(32)28-17-13-26-7-6-18(17)30-10-8-29(5-2)9-11-30/h12,15-21,26H,4-11,13-14,24-25H2,1-3H3,(H,28,32)/t15-,16?,17?,18?,19?,21?/m1/s1. The van der Waals surface area contributed by atoms with E-state index in [0.717, 1.165) is 58.7 Å². The molecular weight excluding hydrogens is 428 g/mol. The number of alkyl halides is 1. The minimum Gasteiger partial charge on any atom is -0.350 e. The Morgan fingerprint density at radius 3 is 2.62 bits per heavy atom. The van der Waals surface area contributed by atoms with Crippen LogP contribution in [0.4, 0.5) is 0 Å². The van der Waals surface area contributed by atoms with Crippen molar-refractivity contribution in [2.75, 3.05) is 52.4 Å². The van der Waals surface area contributed by atoms with Crippen LogP contribution in [0.1, 0.15) is 33.6 Å². The first-order valence-electron chi connectivity index (χ1n) is 12.3. The predicted molar refractivity (Wildman–Crippen MR) is 131 cm³/mol. The lowest BCUT2D eigenvalue weighted by atomic mass is 9.94. The summed E-state index contributed by atoms with van der Waals surface area (Å²) in [5.74, 6) is -0.752. The maximum atomic E-state index is 13.6. The van der Waals surface area contributed by atoms with Gasteiger partial charge in [0.05, 0.1) is 17.6 Å². The van der Waals surface area contributed by atoms with Crippen molar-refractivity contribution in [3.63, 3.8) is 0 Å². The fourth-order valence-corrected chi connectivity index (χ4v) is 5.45. The molecule has 0 bridgehead atoms. The van der Waals surface area contributed by atoms with Crippen LogP contribution < -0.4 is 22.1 Å². The van der Waals surface area contributed by atoms with Crippen LogP contribution in [0.25, 0.3) is 0 Å². The van der Waals surface area contributed by atoms with Gasteiger partial charge in [-0.3, -0.25) is 19.6 Å². The zero-order chi connectivity index (χ0) is 23.3. The minimum atomic E-state index is -0.807. The lowest BCUT2D eigenvalue weighted by Crippen LogP contribution is -2.66. The summed E-state index contributed by atoms with van der Waals surface area (Å²) >= 11 is 6.35. The summed E-state index contributed by atoms with van der Waals surface area (Å²) in [7, 11) is 0. The second-order valence-electron chi connectivity index (χ2n) is 9.43. The highest BCUT2D eigenvalue weighted by molar-refractivity contribution is 6.28. The average molecular weight is 471 g/mol. The number of carbonyl (C=O) groups excluding carboxylic acids is 1. The molecule has 0 aromatic rings. The number of hydrogen-bond acceptors (Lipinski definition) is 8.